The lowest BCUT2D eigenvalue weighted by molar-refractivity contribution is 0.0945. The average Bonchev–Trinajstić information content (AvgIpc) is 2.73. The number of carbonyl (C=O) groups is 1. The van der Waals surface area contributed by atoms with Gasteiger partial charge in [0.1, 0.15) is 11.5 Å². The molecule has 0 aliphatic rings. The van der Waals surface area contributed by atoms with E-state index in [0.29, 0.717) is 10.8 Å². The highest BCUT2D eigenvalue weighted by molar-refractivity contribution is 6.30. The maximum atomic E-state index is 11.6. The molecule has 3 N–H and O–H groups in total. The molecule has 0 aromatic carbocycles. The number of amides is 1. The third-order valence-corrected chi connectivity index (χ3v) is 2.15. The summed E-state index contributed by atoms with van der Waals surface area (Å²) in [7, 11) is 0. The Labute approximate surface area is 100 Å². The summed E-state index contributed by atoms with van der Waals surface area (Å²) < 4.78 is 0. The topological polar surface area (TPSA) is 104 Å². The normalized spacial score (nSPS) is 10.2. The lowest BCUT2D eigenvalue weighted by atomic mass is 10.3. The third kappa shape index (κ3) is 2.91. The number of rotatable bonds is 3. The summed E-state index contributed by atoms with van der Waals surface area (Å²) in [5, 5.41) is 8.85. The molecule has 0 fully saturated rings. The molecule has 2 aromatic heterocycles. The van der Waals surface area contributed by atoms with Crippen LogP contribution in [0.25, 0.3) is 0 Å². The van der Waals surface area contributed by atoms with Crippen LogP contribution in [0.15, 0.2) is 23.1 Å². The van der Waals surface area contributed by atoms with Gasteiger partial charge in [0.2, 0.25) is 0 Å². The SMILES string of the molecule is O=C(NCc1n[nH]c(=O)[nH]1)c1ccc(Cl)cn1. The molecule has 0 unspecified atom stereocenters. The standard InChI is InChI=1S/C9H8ClN5O2/c10-5-1-2-6(11-3-5)8(16)12-4-7-13-9(17)15-14-7/h1-3H,4H2,(H,12,16)(H2,13,14,15,17). The van der Waals surface area contributed by atoms with Gasteiger partial charge in [-0.1, -0.05) is 11.6 Å². The van der Waals surface area contributed by atoms with Crippen LogP contribution in [0, 0.1) is 0 Å². The Morgan fingerprint density at radius 3 is 2.88 bits per heavy atom. The summed E-state index contributed by atoms with van der Waals surface area (Å²) in [6.45, 7) is 0.113. The largest absolute Gasteiger partial charge is 0.343 e. The molecule has 17 heavy (non-hydrogen) atoms. The molecule has 2 heterocycles. The Balaban J connectivity index is 1.98. The number of halogens is 1. The van der Waals surface area contributed by atoms with E-state index in [9.17, 15) is 9.59 Å². The molecule has 0 saturated heterocycles. The zero-order valence-corrected chi connectivity index (χ0v) is 9.28. The molecule has 0 saturated carbocycles. The van der Waals surface area contributed by atoms with Gasteiger partial charge in [0.25, 0.3) is 5.91 Å². The van der Waals surface area contributed by atoms with E-state index >= 15 is 0 Å². The number of hydrogen-bond donors (Lipinski definition) is 3. The third-order valence-electron chi connectivity index (χ3n) is 1.93. The molecule has 0 radical (unpaired) electrons. The summed E-state index contributed by atoms with van der Waals surface area (Å²) in [5.74, 6) is -0.0252. The highest BCUT2D eigenvalue weighted by Gasteiger charge is 2.07. The number of hydrogen-bond acceptors (Lipinski definition) is 4. The minimum absolute atomic E-state index is 0.113. The number of nitrogens with zero attached hydrogens (tertiary/aromatic N) is 2. The number of aromatic nitrogens is 4. The van der Waals surface area contributed by atoms with Gasteiger partial charge in [0, 0.05) is 6.20 Å². The first-order valence-corrected chi connectivity index (χ1v) is 5.06. The lowest BCUT2D eigenvalue weighted by Gasteiger charge is -2.01. The Kier molecular flexibility index (Phi) is 3.20. The van der Waals surface area contributed by atoms with Crippen LogP contribution in [0.1, 0.15) is 16.3 Å². The molecule has 0 spiro atoms. The molecule has 0 atom stereocenters. The number of carbonyl (C=O) groups excluding carboxylic acids is 1. The summed E-state index contributed by atoms with van der Waals surface area (Å²) in [4.78, 5) is 28.6. The van der Waals surface area contributed by atoms with Gasteiger partial charge in [0.15, 0.2) is 0 Å². The molecule has 0 aliphatic heterocycles. The fourth-order valence-corrected chi connectivity index (χ4v) is 1.27. The minimum atomic E-state index is -0.418. The zero-order chi connectivity index (χ0) is 12.3. The maximum absolute atomic E-state index is 11.6. The van der Waals surface area contributed by atoms with E-state index < -0.39 is 5.69 Å². The number of H-pyrrole nitrogens is 2. The molecule has 88 valence electrons. The number of nitrogens with one attached hydrogen (secondary N) is 3. The second-order valence-electron chi connectivity index (χ2n) is 3.17. The summed E-state index contributed by atoms with van der Waals surface area (Å²) >= 11 is 5.64. The molecular formula is C9H8ClN5O2. The molecule has 1 amide bonds. The van der Waals surface area contributed by atoms with Crippen LogP contribution in [-0.2, 0) is 6.54 Å². The van der Waals surface area contributed by atoms with E-state index in [1.54, 1.807) is 6.07 Å². The van der Waals surface area contributed by atoms with Gasteiger partial charge in [-0.2, -0.15) is 5.10 Å². The van der Waals surface area contributed by atoms with Crippen molar-refractivity contribution in [3.63, 3.8) is 0 Å². The van der Waals surface area contributed by atoms with E-state index in [-0.39, 0.29) is 18.1 Å². The van der Waals surface area contributed by atoms with E-state index in [0.717, 1.165) is 0 Å². The van der Waals surface area contributed by atoms with Gasteiger partial charge in [-0.25, -0.2) is 14.9 Å². The van der Waals surface area contributed by atoms with Crippen molar-refractivity contribution in [2.24, 2.45) is 0 Å². The second kappa shape index (κ2) is 4.79. The van der Waals surface area contributed by atoms with Crippen molar-refractivity contribution in [2.75, 3.05) is 0 Å². The first-order chi connectivity index (χ1) is 8.15. The van der Waals surface area contributed by atoms with Crippen LogP contribution >= 0.6 is 11.6 Å². The van der Waals surface area contributed by atoms with E-state index in [4.69, 9.17) is 11.6 Å². The highest BCUT2D eigenvalue weighted by Crippen LogP contribution is 2.05. The molecule has 7 nitrogen and oxygen atoms in total. The van der Waals surface area contributed by atoms with Crippen LogP contribution in [0.2, 0.25) is 5.02 Å². The van der Waals surface area contributed by atoms with Crippen LogP contribution in [0.3, 0.4) is 0 Å². The monoisotopic (exact) mass is 253 g/mol. The van der Waals surface area contributed by atoms with E-state index in [1.807, 2.05) is 0 Å². The lowest BCUT2D eigenvalue weighted by Crippen LogP contribution is -2.24. The Bertz CT molecular complexity index is 574. The summed E-state index contributed by atoms with van der Waals surface area (Å²) in [6, 6.07) is 3.07. The first-order valence-electron chi connectivity index (χ1n) is 4.68. The van der Waals surface area contributed by atoms with Crippen molar-refractivity contribution >= 4 is 17.5 Å². The smallest absolute Gasteiger partial charge is 0.340 e. The van der Waals surface area contributed by atoms with Crippen molar-refractivity contribution < 1.29 is 4.79 Å². The van der Waals surface area contributed by atoms with Crippen LogP contribution in [-0.4, -0.2) is 26.1 Å². The molecule has 0 bridgehead atoms. The summed E-state index contributed by atoms with van der Waals surface area (Å²) in [6.07, 6.45) is 1.38. The van der Waals surface area contributed by atoms with Gasteiger partial charge >= 0.3 is 5.69 Å². The van der Waals surface area contributed by atoms with E-state index in [2.05, 4.69) is 25.5 Å². The van der Waals surface area contributed by atoms with Crippen molar-refractivity contribution in [1.82, 2.24) is 25.5 Å². The maximum Gasteiger partial charge on any atom is 0.340 e. The quantitative estimate of drug-likeness (QED) is 0.720. The van der Waals surface area contributed by atoms with Crippen LogP contribution < -0.4 is 11.0 Å². The highest BCUT2D eigenvalue weighted by atomic mass is 35.5. The Morgan fingerprint density at radius 1 is 1.47 bits per heavy atom. The Morgan fingerprint density at radius 2 is 2.29 bits per heavy atom. The van der Waals surface area contributed by atoms with Gasteiger partial charge in [-0.3, -0.25) is 9.78 Å². The van der Waals surface area contributed by atoms with Gasteiger partial charge < -0.3 is 5.32 Å². The van der Waals surface area contributed by atoms with Gasteiger partial charge in [0.05, 0.1) is 11.6 Å². The Hall–Kier alpha value is -2.15. The first kappa shape index (κ1) is 11.3. The van der Waals surface area contributed by atoms with Crippen molar-refractivity contribution in [3.05, 3.63) is 45.4 Å². The predicted molar refractivity (Wildman–Crippen MR) is 59.6 cm³/mol. The van der Waals surface area contributed by atoms with Gasteiger partial charge in [-0.15, -0.1) is 0 Å². The molecular weight excluding hydrogens is 246 g/mol. The average molecular weight is 254 g/mol. The van der Waals surface area contributed by atoms with E-state index in [1.165, 1.54) is 12.3 Å². The summed E-state index contributed by atoms with van der Waals surface area (Å²) in [5.41, 5.74) is -0.175. The van der Waals surface area contributed by atoms with Crippen LogP contribution in [0.4, 0.5) is 0 Å². The number of aromatic amines is 2. The van der Waals surface area contributed by atoms with Crippen molar-refractivity contribution in [3.8, 4) is 0 Å². The molecule has 0 aliphatic carbocycles. The predicted octanol–water partition coefficient (Wildman–Crippen LogP) is 0.0764. The van der Waals surface area contributed by atoms with Crippen molar-refractivity contribution in [1.29, 1.82) is 0 Å². The van der Waals surface area contributed by atoms with Crippen LogP contribution in [0.5, 0.6) is 0 Å². The molecule has 8 heteroatoms. The fraction of sp³-hybridized carbons (Fsp3) is 0.111. The minimum Gasteiger partial charge on any atom is -0.343 e. The zero-order valence-electron chi connectivity index (χ0n) is 8.53. The fourth-order valence-electron chi connectivity index (χ4n) is 1.15. The van der Waals surface area contributed by atoms with Crippen molar-refractivity contribution in [2.45, 2.75) is 6.54 Å². The molecule has 2 rings (SSSR count). The van der Waals surface area contributed by atoms with Gasteiger partial charge in [-0.05, 0) is 12.1 Å². The number of pyridine rings is 1. The molecule has 2 aromatic rings. The second-order valence-corrected chi connectivity index (χ2v) is 3.61.